The molecule has 0 unspecified atom stereocenters. The summed E-state index contributed by atoms with van der Waals surface area (Å²) in [6.07, 6.45) is 1.12. The van der Waals surface area contributed by atoms with Crippen LogP contribution < -0.4 is 10.7 Å². The number of para-hydroxylation sites is 1. The van der Waals surface area contributed by atoms with Gasteiger partial charge in [-0.2, -0.15) is 5.10 Å². The van der Waals surface area contributed by atoms with Crippen molar-refractivity contribution in [3.8, 4) is 5.75 Å². The van der Waals surface area contributed by atoms with Gasteiger partial charge < -0.3 is 10.4 Å². The number of nitrogens with zero attached hydrogens (tertiary/aromatic N) is 2. The Kier molecular flexibility index (Phi) is 5.48. The third-order valence-corrected chi connectivity index (χ3v) is 3.66. The molecule has 0 heterocycles. The summed E-state index contributed by atoms with van der Waals surface area (Å²) in [5.41, 5.74) is 3.61. The van der Waals surface area contributed by atoms with Gasteiger partial charge in [-0.1, -0.05) is 18.2 Å². The molecule has 0 atom stereocenters. The summed E-state index contributed by atoms with van der Waals surface area (Å²) in [6, 6.07) is 8.95. The minimum atomic E-state index is -0.597. The second-order valence-corrected chi connectivity index (χ2v) is 5.62. The predicted octanol–water partition coefficient (Wildman–Crippen LogP) is 3.53. The van der Waals surface area contributed by atoms with Gasteiger partial charge >= 0.3 is 6.03 Å². The van der Waals surface area contributed by atoms with Gasteiger partial charge in [-0.25, -0.2) is 10.2 Å². The lowest BCUT2D eigenvalue weighted by atomic mass is 10.2. The summed E-state index contributed by atoms with van der Waals surface area (Å²) >= 11 is 3.02. The van der Waals surface area contributed by atoms with Gasteiger partial charge in [-0.15, -0.1) is 0 Å². The van der Waals surface area contributed by atoms with Gasteiger partial charge in [0.1, 0.15) is 5.75 Å². The molecule has 0 aliphatic heterocycles. The first-order valence-corrected chi connectivity index (χ1v) is 7.50. The Morgan fingerprint density at radius 3 is 2.75 bits per heavy atom. The maximum Gasteiger partial charge on any atom is 0.339 e. The van der Waals surface area contributed by atoms with E-state index in [4.69, 9.17) is 0 Å². The number of benzene rings is 2. The van der Waals surface area contributed by atoms with Crippen LogP contribution in [-0.2, 0) is 0 Å². The molecule has 0 aromatic heterocycles. The van der Waals surface area contributed by atoms with Gasteiger partial charge in [0.25, 0.3) is 5.69 Å². The lowest BCUT2D eigenvalue weighted by Crippen LogP contribution is -2.24. The number of anilines is 1. The van der Waals surface area contributed by atoms with E-state index in [-0.39, 0.29) is 21.5 Å². The van der Waals surface area contributed by atoms with Crippen LogP contribution in [0, 0.1) is 17.0 Å². The minimum absolute atomic E-state index is 0.0901. The second kappa shape index (κ2) is 7.55. The Bertz CT molecular complexity index is 823. The van der Waals surface area contributed by atoms with Crippen molar-refractivity contribution in [2.24, 2.45) is 5.10 Å². The summed E-state index contributed by atoms with van der Waals surface area (Å²) in [5, 5.41) is 27.0. The molecule has 24 heavy (non-hydrogen) atoms. The van der Waals surface area contributed by atoms with E-state index in [0.29, 0.717) is 5.69 Å². The van der Waals surface area contributed by atoms with Gasteiger partial charge in [-0.3, -0.25) is 10.1 Å². The fourth-order valence-corrected chi connectivity index (χ4v) is 2.30. The van der Waals surface area contributed by atoms with Crippen LogP contribution in [0.1, 0.15) is 11.1 Å². The van der Waals surface area contributed by atoms with E-state index in [0.717, 1.165) is 17.8 Å². The van der Waals surface area contributed by atoms with Crippen LogP contribution in [0.3, 0.4) is 0 Å². The highest BCUT2D eigenvalue weighted by molar-refractivity contribution is 9.10. The molecule has 0 fully saturated rings. The Hall–Kier alpha value is -2.94. The molecule has 2 aromatic rings. The van der Waals surface area contributed by atoms with E-state index in [1.807, 2.05) is 19.1 Å². The third kappa shape index (κ3) is 4.29. The number of carbonyl (C=O) groups is 1. The average Bonchev–Trinajstić information content (AvgIpc) is 2.53. The molecule has 0 saturated carbocycles. The van der Waals surface area contributed by atoms with Crippen LogP contribution in [0.4, 0.5) is 16.2 Å². The number of halogens is 1. The average molecular weight is 393 g/mol. The van der Waals surface area contributed by atoms with Crippen molar-refractivity contribution in [3.63, 3.8) is 0 Å². The topological polar surface area (TPSA) is 117 Å². The van der Waals surface area contributed by atoms with Gasteiger partial charge in [0.05, 0.1) is 15.6 Å². The number of nitrogens with one attached hydrogen (secondary N) is 2. The standard InChI is InChI=1S/C15H13BrN4O4/c1-9-4-2-3-5-13(9)18-15(22)19-17-8-10-6-11(20(23)24)7-12(16)14(10)21/h2-8,21H,1H3,(H2,18,19,22)/b17-8+. The number of urea groups is 1. The maximum atomic E-state index is 11.8. The molecule has 8 nitrogen and oxygen atoms in total. The molecule has 0 aliphatic rings. The highest BCUT2D eigenvalue weighted by Gasteiger charge is 2.13. The summed E-state index contributed by atoms with van der Waals surface area (Å²) < 4.78 is 0.155. The lowest BCUT2D eigenvalue weighted by Gasteiger charge is -2.07. The number of nitro groups is 1. The first-order chi connectivity index (χ1) is 11.4. The molecular weight excluding hydrogens is 380 g/mol. The Labute approximate surface area is 145 Å². The van der Waals surface area contributed by atoms with E-state index >= 15 is 0 Å². The molecule has 0 radical (unpaired) electrons. The van der Waals surface area contributed by atoms with Gasteiger partial charge in [-0.05, 0) is 34.5 Å². The smallest absolute Gasteiger partial charge is 0.339 e. The number of non-ortho nitro benzene ring substituents is 1. The fourth-order valence-electron chi connectivity index (χ4n) is 1.83. The first-order valence-electron chi connectivity index (χ1n) is 6.71. The number of hydrogen-bond donors (Lipinski definition) is 3. The van der Waals surface area contributed by atoms with Crippen molar-refractivity contribution in [1.82, 2.24) is 5.43 Å². The van der Waals surface area contributed by atoms with Crippen molar-refractivity contribution < 1.29 is 14.8 Å². The number of nitro benzene ring substituents is 1. The van der Waals surface area contributed by atoms with Gasteiger partial charge in [0.2, 0.25) is 0 Å². The number of phenolic OH excluding ortho intramolecular Hbond substituents is 1. The zero-order chi connectivity index (χ0) is 17.7. The Balaban J connectivity index is 2.07. The molecule has 2 rings (SSSR count). The zero-order valence-corrected chi connectivity index (χ0v) is 14.1. The second-order valence-electron chi connectivity index (χ2n) is 4.76. The van der Waals surface area contributed by atoms with Crippen molar-refractivity contribution in [1.29, 1.82) is 0 Å². The van der Waals surface area contributed by atoms with Gasteiger partial charge in [0.15, 0.2) is 0 Å². The van der Waals surface area contributed by atoms with Crippen molar-refractivity contribution in [3.05, 3.63) is 62.1 Å². The molecule has 3 N–H and O–H groups in total. The van der Waals surface area contributed by atoms with Crippen LogP contribution in [0.15, 0.2) is 46.0 Å². The number of aromatic hydroxyl groups is 1. The molecule has 0 saturated heterocycles. The molecule has 0 bridgehead atoms. The highest BCUT2D eigenvalue weighted by Crippen LogP contribution is 2.31. The normalized spacial score (nSPS) is 10.6. The first kappa shape index (κ1) is 17.4. The SMILES string of the molecule is Cc1ccccc1NC(=O)N/N=C/c1cc([N+](=O)[O-])cc(Br)c1O. The third-order valence-electron chi connectivity index (χ3n) is 3.05. The largest absolute Gasteiger partial charge is 0.506 e. The van der Waals surface area contributed by atoms with Crippen molar-refractivity contribution >= 4 is 39.6 Å². The molecule has 124 valence electrons. The number of aryl methyl sites for hydroxylation is 1. The minimum Gasteiger partial charge on any atom is -0.506 e. The van der Waals surface area contributed by atoms with Crippen LogP contribution in [0.5, 0.6) is 5.75 Å². The quantitative estimate of drug-likeness (QED) is 0.419. The van der Waals surface area contributed by atoms with Crippen LogP contribution in [0.2, 0.25) is 0 Å². The molecule has 0 spiro atoms. The fraction of sp³-hybridized carbons (Fsp3) is 0.0667. The van der Waals surface area contributed by atoms with E-state index in [1.54, 1.807) is 12.1 Å². The van der Waals surface area contributed by atoms with Crippen LogP contribution >= 0.6 is 15.9 Å². The molecule has 0 aliphatic carbocycles. The van der Waals surface area contributed by atoms with Crippen LogP contribution in [-0.4, -0.2) is 22.3 Å². The number of carbonyl (C=O) groups excluding carboxylic acids is 1. The molecular formula is C15H13BrN4O4. The zero-order valence-electron chi connectivity index (χ0n) is 12.5. The van der Waals surface area contributed by atoms with E-state index in [9.17, 15) is 20.0 Å². The van der Waals surface area contributed by atoms with Gasteiger partial charge in [0, 0.05) is 23.4 Å². The number of hydrazone groups is 1. The Morgan fingerprint density at radius 1 is 1.38 bits per heavy atom. The molecule has 9 heteroatoms. The number of amides is 2. The van der Waals surface area contributed by atoms with E-state index in [1.165, 1.54) is 6.07 Å². The summed E-state index contributed by atoms with van der Waals surface area (Å²) in [5.74, 6) is -0.217. The molecule has 2 aromatic carbocycles. The molecule has 2 amide bonds. The number of phenols is 1. The van der Waals surface area contributed by atoms with E-state index < -0.39 is 11.0 Å². The summed E-state index contributed by atoms with van der Waals surface area (Å²) in [4.78, 5) is 22.0. The summed E-state index contributed by atoms with van der Waals surface area (Å²) in [6.45, 7) is 1.84. The number of hydrogen-bond acceptors (Lipinski definition) is 5. The van der Waals surface area contributed by atoms with E-state index in [2.05, 4.69) is 31.8 Å². The Morgan fingerprint density at radius 2 is 2.08 bits per heavy atom. The predicted molar refractivity (Wildman–Crippen MR) is 93.4 cm³/mol. The van der Waals surface area contributed by atoms with Crippen LogP contribution in [0.25, 0.3) is 0 Å². The lowest BCUT2D eigenvalue weighted by molar-refractivity contribution is -0.385. The highest BCUT2D eigenvalue weighted by atomic mass is 79.9. The number of rotatable bonds is 4. The van der Waals surface area contributed by atoms with Crippen molar-refractivity contribution in [2.45, 2.75) is 6.92 Å². The monoisotopic (exact) mass is 392 g/mol. The van der Waals surface area contributed by atoms with Crippen molar-refractivity contribution in [2.75, 3.05) is 5.32 Å². The maximum absolute atomic E-state index is 11.8. The summed E-state index contributed by atoms with van der Waals surface area (Å²) in [7, 11) is 0.